The van der Waals surface area contributed by atoms with Crippen LogP contribution in [-0.2, 0) is 9.53 Å². The molecule has 0 radical (unpaired) electrons. The number of rotatable bonds is 4. The highest BCUT2D eigenvalue weighted by Crippen LogP contribution is 1.98. The molecule has 0 heterocycles. The fraction of sp³-hybridized carbons (Fsp3) is 0.143. The van der Waals surface area contributed by atoms with Gasteiger partial charge in [0.2, 0.25) is 0 Å². The number of carboxylic acids is 1. The summed E-state index contributed by atoms with van der Waals surface area (Å²) in [5.74, 6) is -1.08. The summed E-state index contributed by atoms with van der Waals surface area (Å²) in [6.07, 6.45) is 1.53. The number of hydrogen-bond acceptors (Lipinski definition) is 3. The fourth-order valence-corrected chi connectivity index (χ4v) is 0.393. The summed E-state index contributed by atoms with van der Waals surface area (Å²) in [7, 11) is 0. The largest absolute Gasteiger partial charge is 0.478 e. The molecule has 0 saturated heterocycles. The summed E-state index contributed by atoms with van der Waals surface area (Å²) in [6, 6.07) is 0. The maximum Gasteiger partial charge on any atom is 0.409 e. The average Bonchev–Trinajstić information content (AvgIpc) is 1.97. The highest BCUT2D eigenvalue weighted by molar-refractivity contribution is 5.86. The van der Waals surface area contributed by atoms with Crippen molar-refractivity contribution in [3.8, 4) is 0 Å². The molecule has 5 nitrogen and oxygen atoms in total. The van der Waals surface area contributed by atoms with Crippen molar-refractivity contribution < 1.29 is 19.4 Å². The minimum atomic E-state index is -1.08. The molecule has 3 N–H and O–H groups in total. The predicted octanol–water partition coefficient (Wildman–Crippen LogP) is 0.626. The Morgan fingerprint density at radius 2 is 2.17 bits per heavy atom. The first-order valence-corrected chi connectivity index (χ1v) is 3.06. The van der Waals surface area contributed by atoms with Crippen LogP contribution in [0.3, 0.4) is 0 Å². The van der Waals surface area contributed by atoms with Gasteiger partial charge in [0.15, 0.2) is 0 Å². The van der Waals surface area contributed by atoms with E-state index in [4.69, 9.17) is 5.11 Å². The molecule has 0 bridgehead atoms. The number of hydrogen-bond donors (Lipinski definition) is 2. The van der Waals surface area contributed by atoms with Crippen molar-refractivity contribution in [3.05, 3.63) is 24.5 Å². The summed E-state index contributed by atoms with van der Waals surface area (Å²) in [4.78, 5) is 20.1. The van der Waals surface area contributed by atoms with E-state index in [9.17, 15) is 9.59 Å². The van der Waals surface area contributed by atoms with E-state index < -0.39 is 12.1 Å². The van der Waals surface area contributed by atoms with E-state index in [-0.39, 0.29) is 12.0 Å². The van der Waals surface area contributed by atoms with Gasteiger partial charge in [-0.2, -0.15) is 0 Å². The Bertz CT molecular complexity index is 232. The van der Waals surface area contributed by atoms with Crippen LogP contribution in [0.5, 0.6) is 0 Å². The third kappa shape index (κ3) is 5.04. The normalized spacial score (nSPS) is 9.67. The van der Waals surface area contributed by atoms with E-state index in [1.807, 2.05) is 0 Å². The number of carbonyl (C=O) groups is 2. The van der Waals surface area contributed by atoms with Gasteiger partial charge in [-0.1, -0.05) is 6.58 Å². The van der Waals surface area contributed by atoms with Crippen LogP contribution in [-0.4, -0.2) is 17.2 Å². The van der Waals surface area contributed by atoms with Gasteiger partial charge >= 0.3 is 12.1 Å². The number of allylic oxidation sites excluding steroid dienone is 1. The zero-order chi connectivity index (χ0) is 9.56. The van der Waals surface area contributed by atoms with E-state index in [0.29, 0.717) is 0 Å². The van der Waals surface area contributed by atoms with E-state index in [1.165, 1.54) is 6.08 Å². The summed E-state index contributed by atoms with van der Waals surface area (Å²) in [5.41, 5.74) is 4.63. The Balaban J connectivity index is 3.68. The molecule has 0 aromatic rings. The first-order valence-electron chi connectivity index (χ1n) is 3.06. The van der Waals surface area contributed by atoms with Gasteiger partial charge in [-0.05, 0) is 6.08 Å². The minimum Gasteiger partial charge on any atom is -0.478 e. The molecule has 0 spiro atoms. The number of ether oxygens (including phenoxy) is 1. The molecular weight excluding hydrogens is 162 g/mol. The molecule has 0 saturated carbocycles. The molecule has 0 rings (SSSR count). The van der Waals surface area contributed by atoms with Crippen LogP contribution in [0, 0.1) is 0 Å². The maximum atomic E-state index is 10.2. The van der Waals surface area contributed by atoms with Crippen molar-refractivity contribution in [2.24, 2.45) is 5.73 Å². The van der Waals surface area contributed by atoms with Gasteiger partial charge in [-0.3, -0.25) is 0 Å². The van der Waals surface area contributed by atoms with Crippen LogP contribution < -0.4 is 5.73 Å². The second-order valence-corrected chi connectivity index (χ2v) is 1.92. The lowest BCUT2D eigenvalue weighted by Crippen LogP contribution is -2.08. The molecule has 66 valence electrons. The lowest BCUT2D eigenvalue weighted by Gasteiger charge is -1.92. The number of aliphatic carboxylic acids is 1. The van der Waals surface area contributed by atoms with E-state index >= 15 is 0 Å². The lowest BCUT2D eigenvalue weighted by atomic mass is 10.2. The van der Waals surface area contributed by atoms with Gasteiger partial charge in [0.05, 0.1) is 6.26 Å². The van der Waals surface area contributed by atoms with Crippen molar-refractivity contribution in [2.45, 2.75) is 6.42 Å². The zero-order valence-corrected chi connectivity index (χ0v) is 6.32. The topological polar surface area (TPSA) is 89.6 Å². The fourth-order valence-electron chi connectivity index (χ4n) is 0.393. The highest BCUT2D eigenvalue weighted by atomic mass is 16.5. The van der Waals surface area contributed by atoms with Gasteiger partial charge < -0.3 is 15.6 Å². The molecule has 0 fully saturated rings. The third-order valence-corrected chi connectivity index (χ3v) is 0.947. The van der Waals surface area contributed by atoms with Crippen molar-refractivity contribution in [3.63, 3.8) is 0 Å². The first-order chi connectivity index (χ1) is 5.54. The van der Waals surface area contributed by atoms with Crippen LogP contribution in [0.25, 0.3) is 0 Å². The number of nitrogens with two attached hydrogens (primary N) is 1. The Kier molecular flexibility index (Phi) is 4.21. The van der Waals surface area contributed by atoms with Crippen LogP contribution in [0.2, 0.25) is 0 Å². The zero-order valence-electron chi connectivity index (χ0n) is 6.32. The number of carboxylic acid groups (broad SMARTS) is 1. The lowest BCUT2D eigenvalue weighted by molar-refractivity contribution is -0.132. The Morgan fingerprint density at radius 3 is 2.58 bits per heavy atom. The number of primary amides is 1. The van der Waals surface area contributed by atoms with E-state index in [2.05, 4.69) is 17.0 Å². The van der Waals surface area contributed by atoms with Gasteiger partial charge in [0.1, 0.15) is 0 Å². The van der Waals surface area contributed by atoms with Crippen molar-refractivity contribution in [1.82, 2.24) is 0 Å². The van der Waals surface area contributed by atoms with Crippen molar-refractivity contribution >= 4 is 12.1 Å². The van der Waals surface area contributed by atoms with Crippen LogP contribution in [0.15, 0.2) is 24.5 Å². The third-order valence-electron chi connectivity index (χ3n) is 0.947. The minimum absolute atomic E-state index is 0.0133. The van der Waals surface area contributed by atoms with Crippen LogP contribution in [0.4, 0.5) is 4.79 Å². The molecule has 0 aromatic carbocycles. The number of amides is 1. The van der Waals surface area contributed by atoms with Gasteiger partial charge in [0.25, 0.3) is 0 Å². The van der Waals surface area contributed by atoms with Crippen molar-refractivity contribution in [1.29, 1.82) is 0 Å². The van der Waals surface area contributed by atoms with Gasteiger partial charge in [0, 0.05) is 12.0 Å². The van der Waals surface area contributed by atoms with Crippen molar-refractivity contribution in [2.75, 3.05) is 0 Å². The van der Waals surface area contributed by atoms with Gasteiger partial charge in [-0.15, -0.1) is 0 Å². The first kappa shape index (κ1) is 10.2. The molecule has 5 heteroatoms. The molecule has 0 unspecified atom stereocenters. The molecular formula is C7H9NO4. The molecule has 0 aliphatic heterocycles. The molecule has 12 heavy (non-hydrogen) atoms. The number of carbonyl (C=O) groups excluding carboxylic acids is 1. The summed E-state index contributed by atoms with van der Waals surface area (Å²) >= 11 is 0. The smallest absolute Gasteiger partial charge is 0.409 e. The Labute approximate surface area is 69.1 Å². The van der Waals surface area contributed by atoms with E-state index in [1.54, 1.807) is 0 Å². The molecule has 1 amide bonds. The summed E-state index contributed by atoms with van der Waals surface area (Å²) in [6.45, 7) is 3.25. The predicted molar refractivity (Wildman–Crippen MR) is 41.2 cm³/mol. The molecule has 0 aromatic heterocycles. The van der Waals surface area contributed by atoms with Crippen LogP contribution >= 0.6 is 0 Å². The Morgan fingerprint density at radius 1 is 1.58 bits per heavy atom. The van der Waals surface area contributed by atoms with E-state index in [0.717, 1.165) is 6.26 Å². The van der Waals surface area contributed by atoms with Gasteiger partial charge in [-0.25, -0.2) is 9.59 Å². The summed E-state index contributed by atoms with van der Waals surface area (Å²) in [5, 5.41) is 8.32. The second kappa shape index (κ2) is 4.95. The SMILES string of the molecule is C=C(CC=COC(N)=O)C(=O)O. The molecule has 0 aliphatic carbocycles. The highest BCUT2D eigenvalue weighted by Gasteiger charge is 1.99. The second-order valence-electron chi connectivity index (χ2n) is 1.92. The quantitative estimate of drug-likeness (QED) is 0.479. The molecule has 0 aliphatic rings. The monoisotopic (exact) mass is 171 g/mol. The standard InChI is InChI=1S/C7H9NO4/c1-5(6(9)10)3-2-4-12-7(8)11/h2,4H,1,3H2,(H2,8,11)(H,9,10). The van der Waals surface area contributed by atoms with Crippen LogP contribution in [0.1, 0.15) is 6.42 Å². The maximum absolute atomic E-state index is 10.2. The molecule has 0 atom stereocenters. The Hall–Kier alpha value is -1.78. The summed E-state index contributed by atoms with van der Waals surface area (Å²) < 4.78 is 4.20. The average molecular weight is 171 g/mol.